The third-order valence-electron chi connectivity index (χ3n) is 5.67. The Bertz CT molecular complexity index is 1340. The zero-order valence-corrected chi connectivity index (χ0v) is 18.9. The number of carbonyl (C=O) groups is 1. The van der Waals surface area contributed by atoms with Crippen LogP contribution in [0, 0.1) is 24.1 Å². The van der Waals surface area contributed by atoms with Gasteiger partial charge in [-0.1, -0.05) is 71.9 Å². The molecule has 1 heterocycles. The lowest BCUT2D eigenvalue weighted by molar-refractivity contribution is -0.147. The van der Waals surface area contributed by atoms with Crippen molar-refractivity contribution < 1.29 is 18.4 Å². The summed E-state index contributed by atoms with van der Waals surface area (Å²) in [6.07, 6.45) is -0.365. The van der Waals surface area contributed by atoms with E-state index in [4.69, 9.17) is 14.5 Å². The van der Waals surface area contributed by atoms with Crippen LogP contribution >= 0.6 is 0 Å². The largest absolute Gasteiger partial charge is 0.457 e. The number of aryl methyl sites for hydroxylation is 1. The average Bonchev–Trinajstić information content (AvgIpc) is 3.20. The highest BCUT2D eigenvalue weighted by Gasteiger charge is 2.21. The summed E-state index contributed by atoms with van der Waals surface area (Å²) in [5.74, 6) is -0.397. The Hall–Kier alpha value is -4.24. The van der Waals surface area contributed by atoms with Crippen LogP contribution in [0.5, 0.6) is 0 Å². The van der Waals surface area contributed by atoms with E-state index in [0.717, 1.165) is 22.3 Å². The lowest BCUT2D eigenvalue weighted by atomic mass is 9.99. The van der Waals surface area contributed by atoms with Crippen LogP contribution in [0.15, 0.2) is 77.3 Å². The third-order valence-corrected chi connectivity index (χ3v) is 5.67. The molecule has 0 aliphatic heterocycles. The second-order valence-electron chi connectivity index (χ2n) is 8.02. The van der Waals surface area contributed by atoms with Gasteiger partial charge in [0, 0.05) is 16.7 Å². The van der Waals surface area contributed by atoms with Gasteiger partial charge < -0.3 is 9.26 Å². The lowest BCUT2D eigenvalue weighted by Crippen LogP contribution is -2.13. The number of hydrogen-bond donors (Lipinski definition) is 0. The monoisotopic (exact) mass is 454 g/mol. The van der Waals surface area contributed by atoms with Gasteiger partial charge in [-0.25, -0.2) is 4.39 Å². The molecule has 0 amide bonds. The van der Waals surface area contributed by atoms with Crippen molar-refractivity contribution in [2.75, 3.05) is 0 Å². The highest BCUT2D eigenvalue weighted by Crippen LogP contribution is 2.30. The van der Waals surface area contributed by atoms with Crippen LogP contribution < -0.4 is 0 Å². The van der Waals surface area contributed by atoms with Gasteiger partial charge in [-0.3, -0.25) is 4.79 Å². The molecule has 0 saturated carbocycles. The minimum absolute atomic E-state index is 0.0361. The van der Waals surface area contributed by atoms with Crippen molar-refractivity contribution in [3.05, 3.63) is 101 Å². The summed E-state index contributed by atoms with van der Waals surface area (Å²) in [6.45, 7) is 3.41. The van der Waals surface area contributed by atoms with Gasteiger partial charge >= 0.3 is 5.97 Å². The van der Waals surface area contributed by atoms with Crippen molar-refractivity contribution in [2.45, 2.75) is 32.8 Å². The molecule has 0 saturated heterocycles. The molecule has 1 aromatic heterocycles. The summed E-state index contributed by atoms with van der Waals surface area (Å²) >= 11 is 0. The summed E-state index contributed by atoms with van der Waals surface area (Å²) < 4.78 is 25.0. The van der Waals surface area contributed by atoms with Crippen LogP contribution in [0.2, 0.25) is 0 Å². The van der Waals surface area contributed by atoms with E-state index in [1.165, 1.54) is 6.07 Å². The summed E-state index contributed by atoms with van der Waals surface area (Å²) in [5, 5.41) is 12.9. The first-order valence-corrected chi connectivity index (χ1v) is 10.9. The molecular formula is C28H23FN2O3. The number of carbonyl (C=O) groups excluding carboxylic acids is 1. The van der Waals surface area contributed by atoms with Crippen LogP contribution in [0.25, 0.3) is 22.5 Å². The van der Waals surface area contributed by atoms with E-state index < -0.39 is 17.9 Å². The van der Waals surface area contributed by atoms with E-state index >= 15 is 0 Å². The number of nitriles is 1. The first-order valence-electron chi connectivity index (χ1n) is 10.9. The molecule has 34 heavy (non-hydrogen) atoms. The summed E-state index contributed by atoms with van der Waals surface area (Å²) in [4.78, 5) is 12.6. The molecule has 0 N–H and O–H groups in total. The minimum atomic E-state index is -0.712. The van der Waals surface area contributed by atoms with Crippen LogP contribution in [0.3, 0.4) is 0 Å². The maximum Gasteiger partial charge on any atom is 0.311 e. The molecule has 1 atom stereocenters. The van der Waals surface area contributed by atoms with Gasteiger partial charge in [0.15, 0.2) is 5.76 Å². The normalized spacial score (nSPS) is 11.6. The fraction of sp³-hybridized carbons (Fsp3) is 0.179. The van der Waals surface area contributed by atoms with Crippen LogP contribution in [-0.2, 0) is 22.4 Å². The summed E-state index contributed by atoms with van der Waals surface area (Å²) in [5.41, 5.74) is 5.38. The van der Waals surface area contributed by atoms with Gasteiger partial charge in [-0.05, 0) is 36.6 Å². The first kappa shape index (κ1) is 22.9. The lowest BCUT2D eigenvalue weighted by Gasteiger charge is -2.14. The molecule has 6 heteroatoms. The Morgan fingerprint density at radius 3 is 2.29 bits per heavy atom. The molecule has 4 aromatic rings. The van der Waals surface area contributed by atoms with E-state index in [1.54, 1.807) is 32.0 Å². The van der Waals surface area contributed by atoms with E-state index in [0.29, 0.717) is 29.0 Å². The second kappa shape index (κ2) is 10.1. The van der Waals surface area contributed by atoms with Crippen LogP contribution in [0.4, 0.5) is 4.39 Å². The van der Waals surface area contributed by atoms with Gasteiger partial charge in [-0.15, -0.1) is 0 Å². The van der Waals surface area contributed by atoms with Gasteiger partial charge in [-0.2, -0.15) is 5.26 Å². The SMILES string of the molecule is Cc1noc(-c2ccc(-c3ccc(CC#N)cc3)cc2)c1CC(=O)O[C@H](C)c1ccccc1F. The number of benzene rings is 3. The number of esters is 1. The molecule has 0 spiro atoms. The fourth-order valence-corrected chi connectivity index (χ4v) is 3.80. The Morgan fingerprint density at radius 2 is 1.65 bits per heavy atom. The highest BCUT2D eigenvalue weighted by atomic mass is 19.1. The molecule has 0 bridgehead atoms. The molecule has 0 fully saturated rings. The van der Waals surface area contributed by atoms with Gasteiger partial charge in [0.25, 0.3) is 0 Å². The zero-order valence-electron chi connectivity index (χ0n) is 18.9. The van der Waals surface area contributed by atoms with Gasteiger partial charge in [0.1, 0.15) is 11.9 Å². The highest BCUT2D eigenvalue weighted by molar-refractivity contribution is 5.77. The molecule has 3 aromatic carbocycles. The van der Waals surface area contributed by atoms with Crippen molar-refractivity contribution in [1.29, 1.82) is 5.26 Å². The van der Waals surface area contributed by atoms with Crippen molar-refractivity contribution in [2.24, 2.45) is 0 Å². The molecule has 170 valence electrons. The first-order chi connectivity index (χ1) is 16.5. The number of nitrogens with zero attached hydrogens (tertiary/aromatic N) is 2. The van der Waals surface area contributed by atoms with E-state index in [9.17, 15) is 9.18 Å². The Labute approximate surface area is 197 Å². The maximum absolute atomic E-state index is 14.0. The quantitative estimate of drug-likeness (QED) is 0.303. The topological polar surface area (TPSA) is 76.1 Å². The fourth-order valence-electron chi connectivity index (χ4n) is 3.80. The molecule has 4 rings (SSSR count). The Kier molecular flexibility index (Phi) is 6.84. The minimum Gasteiger partial charge on any atom is -0.457 e. The average molecular weight is 455 g/mol. The number of ether oxygens (including phenoxy) is 1. The van der Waals surface area contributed by atoms with Crippen molar-refractivity contribution in [1.82, 2.24) is 5.16 Å². The van der Waals surface area contributed by atoms with Crippen molar-refractivity contribution in [3.8, 4) is 28.5 Å². The number of halogens is 1. The Morgan fingerprint density at radius 1 is 1.03 bits per heavy atom. The molecule has 0 unspecified atom stereocenters. The maximum atomic E-state index is 14.0. The van der Waals surface area contributed by atoms with E-state index in [2.05, 4.69) is 11.2 Å². The van der Waals surface area contributed by atoms with Crippen LogP contribution in [-0.4, -0.2) is 11.1 Å². The third kappa shape index (κ3) is 5.05. The van der Waals surface area contributed by atoms with Gasteiger partial charge in [0.05, 0.1) is 24.6 Å². The molecule has 5 nitrogen and oxygen atoms in total. The molecule has 0 aliphatic rings. The zero-order chi connectivity index (χ0) is 24.1. The molecule has 0 radical (unpaired) electrons. The predicted octanol–water partition coefficient (Wildman–Crippen LogP) is 6.37. The molecular weight excluding hydrogens is 431 g/mol. The number of aromatic nitrogens is 1. The summed E-state index contributed by atoms with van der Waals surface area (Å²) in [6, 6.07) is 24.0. The smallest absolute Gasteiger partial charge is 0.311 e. The van der Waals surface area contributed by atoms with E-state index in [1.807, 2.05) is 48.5 Å². The molecule has 0 aliphatic carbocycles. The van der Waals surface area contributed by atoms with Crippen molar-refractivity contribution >= 4 is 5.97 Å². The predicted molar refractivity (Wildman–Crippen MR) is 126 cm³/mol. The number of hydrogen-bond acceptors (Lipinski definition) is 5. The van der Waals surface area contributed by atoms with Crippen LogP contribution in [0.1, 0.15) is 35.4 Å². The standard InChI is InChI=1S/C28H23FN2O3/c1-18-25(17-27(32)33-19(2)24-5-3-4-6-26(24)29)28(34-31-18)23-13-11-22(12-14-23)21-9-7-20(8-10-21)15-16-30/h3-14,19H,15,17H2,1-2H3/t19-/m1/s1. The van der Waals surface area contributed by atoms with E-state index in [-0.39, 0.29) is 6.42 Å². The second-order valence-corrected chi connectivity index (χ2v) is 8.02. The van der Waals surface area contributed by atoms with Crippen molar-refractivity contribution in [3.63, 3.8) is 0 Å². The van der Waals surface area contributed by atoms with Gasteiger partial charge in [0.2, 0.25) is 0 Å². The number of rotatable bonds is 7. The summed E-state index contributed by atoms with van der Waals surface area (Å²) in [7, 11) is 0. The Balaban J connectivity index is 1.49.